The van der Waals surface area contributed by atoms with E-state index < -0.39 is 0 Å². The molecule has 11 aromatic heterocycles. The summed E-state index contributed by atoms with van der Waals surface area (Å²) in [5.41, 5.74) is 26.1. The van der Waals surface area contributed by atoms with E-state index in [1.165, 1.54) is 10.8 Å². The van der Waals surface area contributed by atoms with Crippen LogP contribution in [0.4, 0.5) is 0 Å². The number of imidazole rings is 2. The van der Waals surface area contributed by atoms with Crippen LogP contribution >= 0.6 is 0 Å². The fourth-order valence-corrected chi connectivity index (χ4v) is 17.4. The Morgan fingerprint density at radius 2 is 0.580 bits per heavy atom. The van der Waals surface area contributed by atoms with E-state index in [9.17, 15) is 0 Å². The molecule has 0 aliphatic carbocycles. The number of para-hydroxylation sites is 4. The van der Waals surface area contributed by atoms with Crippen LogP contribution in [0.25, 0.3) is 217 Å². The van der Waals surface area contributed by atoms with Gasteiger partial charge in [-0.25, -0.2) is 19.9 Å². The Morgan fingerprint density at radius 3 is 1.02 bits per heavy atom. The van der Waals surface area contributed by atoms with Gasteiger partial charge in [0.25, 0.3) is 0 Å². The highest BCUT2D eigenvalue weighted by Gasteiger charge is 2.25. The smallest absolute Gasteiger partial charge is 0.235 e. The molecule has 0 aliphatic rings. The van der Waals surface area contributed by atoms with Crippen LogP contribution in [-0.4, -0.2) is 42.4 Å². The van der Waals surface area contributed by atoms with Gasteiger partial charge < -0.3 is 22.4 Å². The molecule has 14 aromatic carbocycles. The summed E-state index contributed by atoms with van der Waals surface area (Å²) in [4.78, 5) is 19.6. The van der Waals surface area contributed by atoms with Crippen molar-refractivity contribution in [2.75, 3.05) is 0 Å². The molecule has 0 amide bonds. The first-order chi connectivity index (χ1) is 58.5. The van der Waals surface area contributed by atoms with Crippen molar-refractivity contribution in [2.24, 2.45) is 0 Å². The molecule has 119 heavy (non-hydrogen) atoms. The number of hydrogen-bond donors (Lipinski definition) is 0. The van der Waals surface area contributed by atoms with Crippen molar-refractivity contribution in [1.29, 1.82) is 0 Å². The first-order valence-corrected chi connectivity index (χ1v) is 39.6. The number of furan rings is 3. The minimum atomic E-state index is 0. The Morgan fingerprint density at radius 1 is 0.244 bits per heavy atom. The third-order valence-corrected chi connectivity index (χ3v) is 22.8. The molecular weight excluding hydrogens is 1460 g/mol. The maximum absolute atomic E-state index is 6.57. The molecular formula is C107H71N9O3. The van der Waals surface area contributed by atoms with Crippen LogP contribution in [0.1, 0.15) is 7.43 Å². The van der Waals surface area contributed by atoms with E-state index >= 15 is 0 Å². The van der Waals surface area contributed by atoms with Gasteiger partial charge in [0, 0.05) is 107 Å². The summed E-state index contributed by atoms with van der Waals surface area (Å²) in [5, 5.41) is 11.1. The quantitative estimate of drug-likeness (QED) is 0.134. The summed E-state index contributed by atoms with van der Waals surface area (Å²) >= 11 is 0. The topological polar surface area (TPSA) is 115 Å². The van der Waals surface area contributed by atoms with E-state index in [0.717, 1.165) is 200 Å². The van der Waals surface area contributed by atoms with Crippen LogP contribution in [0.15, 0.2) is 420 Å². The van der Waals surface area contributed by atoms with Gasteiger partial charge in [0.05, 0.1) is 77.6 Å². The maximum Gasteiger partial charge on any atom is 0.235 e. The molecule has 0 atom stereocenters. The van der Waals surface area contributed by atoms with E-state index in [4.69, 9.17) is 33.2 Å². The Bertz CT molecular complexity index is 8150. The monoisotopic (exact) mass is 1530 g/mol. The fourth-order valence-electron chi connectivity index (χ4n) is 17.4. The van der Waals surface area contributed by atoms with Crippen LogP contribution in [0.3, 0.4) is 0 Å². The Hall–Kier alpha value is -16.2. The van der Waals surface area contributed by atoms with Crippen molar-refractivity contribution in [3.63, 3.8) is 0 Å². The molecule has 0 N–H and O–H groups in total. The van der Waals surface area contributed by atoms with Crippen molar-refractivity contribution < 1.29 is 13.3 Å². The van der Waals surface area contributed by atoms with Crippen molar-refractivity contribution in [1.82, 2.24) is 42.4 Å². The molecule has 562 valence electrons. The first-order valence-electron chi connectivity index (χ1n) is 39.6. The molecule has 0 saturated carbocycles. The number of nitrogens with zero attached hydrogens (tertiary/aromatic N) is 9. The van der Waals surface area contributed by atoms with Crippen LogP contribution < -0.4 is 0 Å². The number of pyridine rings is 2. The van der Waals surface area contributed by atoms with Crippen molar-refractivity contribution in [3.8, 4) is 96.3 Å². The highest BCUT2D eigenvalue weighted by Crippen LogP contribution is 2.45. The molecule has 12 nitrogen and oxygen atoms in total. The molecule has 0 spiro atoms. The van der Waals surface area contributed by atoms with Gasteiger partial charge >= 0.3 is 0 Å². The number of rotatable bonds is 10. The van der Waals surface area contributed by atoms with Gasteiger partial charge in [-0.2, -0.15) is 0 Å². The molecule has 0 radical (unpaired) electrons. The van der Waals surface area contributed by atoms with Gasteiger partial charge in [0.1, 0.15) is 45.3 Å². The number of fused-ring (bicyclic) bond motifs is 18. The molecule has 0 fully saturated rings. The lowest BCUT2D eigenvalue weighted by Gasteiger charge is -2.10. The molecule has 25 rings (SSSR count). The Kier molecular flexibility index (Phi) is 16.8. The van der Waals surface area contributed by atoms with Gasteiger partial charge in [0.15, 0.2) is 0 Å². The maximum atomic E-state index is 6.57. The molecule has 12 heteroatoms. The van der Waals surface area contributed by atoms with Crippen LogP contribution in [0.2, 0.25) is 0 Å². The Balaban J connectivity index is 0.000000108. The normalized spacial score (nSPS) is 11.6. The summed E-state index contributed by atoms with van der Waals surface area (Å²) in [6.45, 7) is 0. The SMILES string of the molecule is C.c1ccc(-c2cc3ccc4c(c5ccccc5n4-c4ccc(-c5c(-c6ccccc6)nc6ccccn56)cc4)c3o2)cc1.c1ccc(-c2cc3ccc4c(c5ccccc5n4-c4ccc(-c5nc6ccccn6c5-c5ccccc5)cc4)c3o2)cc1.c1ccc(-c2cc3ccc4c(c5ccccc5n4-c4ncc5ccccc5n4)c3o2)cc1. The van der Waals surface area contributed by atoms with Crippen molar-refractivity contribution in [2.45, 2.75) is 7.43 Å². The number of hydrogen-bond acceptors (Lipinski definition) is 7. The zero-order valence-corrected chi connectivity index (χ0v) is 63.4. The average molecular weight is 1530 g/mol. The summed E-state index contributed by atoms with van der Waals surface area (Å²) in [7, 11) is 0. The molecule has 0 aliphatic heterocycles. The highest BCUT2D eigenvalue weighted by molar-refractivity contribution is 6.22. The summed E-state index contributed by atoms with van der Waals surface area (Å²) in [6, 6.07) is 135. The highest BCUT2D eigenvalue weighted by atomic mass is 16.3. The van der Waals surface area contributed by atoms with Crippen molar-refractivity contribution in [3.05, 3.63) is 407 Å². The second kappa shape index (κ2) is 28.7. The van der Waals surface area contributed by atoms with E-state index in [-0.39, 0.29) is 7.43 Å². The van der Waals surface area contributed by atoms with Gasteiger partial charge in [-0.05, 0) is 127 Å². The predicted octanol–water partition coefficient (Wildman–Crippen LogP) is 28.1. The van der Waals surface area contributed by atoms with Gasteiger partial charge in [-0.1, -0.05) is 268 Å². The van der Waals surface area contributed by atoms with Gasteiger partial charge in [-0.3, -0.25) is 13.4 Å². The van der Waals surface area contributed by atoms with E-state index in [1.54, 1.807) is 0 Å². The van der Waals surface area contributed by atoms with E-state index in [2.05, 4.69) is 314 Å². The average Bonchev–Trinajstić information content (AvgIpc) is 1.58. The zero-order chi connectivity index (χ0) is 77.7. The summed E-state index contributed by atoms with van der Waals surface area (Å²) in [6.07, 6.45) is 6.06. The Labute approximate surface area is 682 Å². The van der Waals surface area contributed by atoms with Crippen LogP contribution in [0.5, 0.6) is 0 Å². The first kappa shape index (κ1) is 69.5. The molecule has 0 bridgehead atoms. The van der Waals surface area contributed by atoms with E-state index in [0.29, 0.717) is 5.95 Å². The zero-order valence-electron chi connectivity index (χ0n) is 63.4. The number of aromatic nitrogens is 9. The lowest BCUT2D eigenvalue weighted by molar-refractivity contribution is 0.635. The largest absolute Gasteiger partial charge is 0.455 e. The minimum Gasteiger partial charge on any atom is -0.455 e. The molecule has 11 heterocycles. The standard InChI is InChI=1S/2C39H25N3O.C28H17N3O.CH4/c1-3-11-26(12-4-1)34-25-29-20-23-33-36(39(29)43-34)31-15-7-8-16-32(31)42(33)30-21-18-27(19-22-30)37-38(28-13-5-2-6-14-28)41-24-10-9-17-35(41)40-37;1-3-11-26(12-4-1)34-25-29-20-23-33-36(39(29)43-34)31-15-7-8-16-32(31)42(33)30-21-18-28(19-22-30)38-37(27-13-5-2-6-14-27)40-35-17-9-10-24-41(35)38;1-2-8-18(9-3-1)25-16-19-14-15-24-26(27(19)32-25)21-11-5-7-13-23(21)31(24)28-29-17-20-10-4-6-12-22(20)30-28;/h2*1-25H;1-17H;1H4. The second-order valence-electron chi connectivity index (χ2n) is 29.7. The summed E-state index contributed by atoms with van der Waals surface area (Å²) < 4.78 is 30.7. The molecule has 25 aromatic rings. The van der Waals surface area contributed by atoms with Crippen LogP contribution in [0, 0.1) is 0 Å². The fraction of sp³-hybridized carbons (Fsp3) is 0.00935. The third kappa shape index (κ3) is 11.8. The van der Waals surface area contributed by atoms with Gasteiger partial charge in [0.2, 0.25) is 5.95 Å². The number of benzene rings is 14. The van der Waals surface area contributed by atoms with E-state index in [1.807, 2.05) is 115 Å². The second-order valence-corrected chi connectivity index (χ2v) is 29.7. The lowest BCUT2D eigenvalue weighted by atomic mass is 10.0. The lowest BCUT2D eigenvalue weighted by Crippen LogP contribution is -2.00. The van der Waals surface area contributed by atoms with Crippen molar-refractivity contribution >= 4 is 121 Å². The third-order valence-electron chi connectivity index (χ3n) is 22.8. The van der Waals surface area contributed by atoms with Crippen LogP contribution in [-0.2, 0) is 0 Å². The predicted molar refractivity (Wildman–Crippen MR) is 487 cm³/mol. The molecule has 0 unspecified atom stereocenters. The van der Waals surface area contributed by atoms with Gasteiger partial charge in [-0.15, -0.1) is 0 Å². The minimum absolute atomic E-state index is 0. The molecule has 0 saturated heterocycles. The summed E-state index contributed by atoms with van der Waals surface area (Å²) in [5.74, 6) is 3.29.